The van der Waals surface area contributed by atoms with E-state index in [-0.39, 0.29) is 0 Å². The van der Waals surface area contributed by atoms with E-state index < -0.39 is 0 Å². The van der Waals surface area contributed by atoms with Gasteiger partial charge >= 0.3 is 0 Å². The molecule has 2 aromatic rings. The van der Waals surface area contributed by atoms with Crippen molar-refractivity contribution in [1.82, 2.24) is 4.98 Å². The number of H-pyrrole nitrogens is 1. The first-order valence-corrected chi connectivity index (χ1v) is 7.05. The maximum absolute atomic E-state index is 3.50. The average Bonchev–Trinajstić information content (AvgIpc) is 2.63. The monoisotopic (exact) mass is 245 g/mol. The first-order valence-electron chi connectivity index (χ1n) is 6.07. The van der Waals surface area contributed by atoms with Crippen LogP contribution in [0.4, 0.5) is 0 Å². The highest BCUT2D eigenvalue weighted by Gasteiger charge is 2.09. The van der Waals surface area contributed by atoms with E-state index in [0.717, 1.165) is 12.2 Å². The number of hydrogen-bond acceptors (Lipinski definition) is 1. The van der Waals surface area contributed by atoms with Crippen LogP contribution in [-0.4, -0.2) is 4.98 Å². The summed E-state index contributed by atoms with van der Waals surface area (Å²) in [6, 6.07) is 10.6. The van der Waals surface area contributed by atoms with Gasteiger partial charge in [-0.3, -0.25) is 0 Å². The molecule has 0 atom stereocenters. The first-order chi connectivity index (χ1) is 8.22. The molecule has 17 heavy (non-hydrogen) atoms. The standard InChI is InChI=1S/C15H19NS/c1-4-14-11(2)15(16-12(14)3)17-10-13-8-6-5-7-9-13/h5-9,16H,4,10H2,1-3H3. The molecule has 1 N–H and O–H groups in total. The molecule has 0 aliphatic rings. The summed E-state index contributed by atoms with van der Waals surface area (Å²) in [4.78, 5) is 3.50. The van der Waals surface area contributed by atoms with Crippen LogP contribution in [0.5, 0.6) is 0 Å². The minimum Gasteiger partial charge on any atom is -0.353 e. The molecule has 0 aliphatic heterocycles. The lowest BCUT2D eigenvalue weighted by Crippen LogP contribution is -1.83. The van der Waals surface area contributed by atoms with E-state index in [1.807, 2.05) is 11.8 Å². The lowest BCUT2D eigenvalue weighted by molar-refractivity contribution is 1.08. The lowest BCUT2D eigenvalue weighted by atomic mass is 10.1. The first kappa shape index (κ1) is 12.3. The van der Waals surface area contributed by atoms with Crippen LogP contribution in [0.3, 0.4) is 0 Å². The van der Waals surface area contributed by atoms with Gasteiger partial charge in [0.1, 0.15) is 0 Å². The van der Waals surface area contributed by atoms with Gasteiger partial charge in [0.15, 0.2) is 0 Å². The topological polar surface area (TPSA) is 15.8 Å². The third-order valence-electron chi connectivity index (χ3n) is 3.13. The van der Waals surface area contributed by atoms with E-state index in [1.54, 1.807) is 0 Å². The molecule has 1 nitrogen and oxygen atoms in total. The Kier molecular flexibility index (Phi) is 3.95. The lowest BCUT2D eigenvalue weighted by Gasteiger charge is -2.01. The minimum atomic E-state index is 1.03. The van der Waals surface area contributed by atoms with Gasteiger partial charge in [-0.1, -0.05) is 37.3 Å². The SMILES string of the molecule is CCc1c(C)[nH]c(SCc2ccccc2)c1C. The molecule has 0 amide bonds. The smallest absolute Gasteiger partial charge is 0.0759 e. The Hall–Kier alpha value is -1.15. The molecule has 0 bridgehead atoms. The number of aromatic nitrogens is 1. The third kappa shape index (κ3) is 2.75. The van der Waals surface area contributed by atoms with Gasteiger partial charge in [0.05, 0.1) is 5.03 Å². The van der Waals surface area contributed by atoms with E-state index >= 15 is 0 Å². The highest BCUT2D eigenvalue weighted by molar-refractivity contribution is 7.98. The van der Waals surface area contributed by atoms with E-state index in [2.05, 4.69) is 56.1 Å². The number of nitrogens with one attached hydrogen (secondary N) is 1. The molecule has 0 aliphatic carbocycles. The van der Waals surface area contributed by atoms with Gasteiger partial charge in [-0.2, -0.15) is 0 Å². The zero-order valence-electron chi connectivity index (χ0n) is 10.7. The molecule has 0 radical (unpaired) electrons. The van der Waals surface area contributed by atoms with E-state index in [0.29, 0.717) is 0 Å². The summed E-state index contributed by atoms with van der Waals surface area (Å²) in [6.45, 7) is 6.60. The predicted octanol–water partition coefficient (Wildman–Crippen LogP) is 4.49. The van der Waals surface area contributed by atoms with Crippen LogP contribution in [0.15, 0.2) is 35.4 Å². The van der Waals surface area contributed by atoms with Gasteiger partial charge in [0, 0.05) is 11.4 Å². The fraction of sp³-hybridized carbons (Fsp3) is 0.333. The third-order valence-corrected chi connectivity index (χ3v) is 4.30. The van der Waals surface area contributed by atoms with Gasteiger partial charge < -0.3 is 4.98 Å². The number of benzene rings is 1. The Balaban J connectivity index is 2.10. The zero-order chi connectivity index (χ0) is 12.3. The molecular formula is C15H19NS. The second kappa shape index (κ2) is 5.46. The van der Waals surface area contributed by atoms with Crippen molar-refractivity contribution in [2.24, 2.45) is 0 Å². The zero-order valence-corrected chi connectivity index (χ0v) is 11.5. The summed E-state index contributed by atoms with van der Waals surface area (Å²) in [6.07, 6.45) is 1.11. The Labute approximate surface area is 108 Å². The average molecular weight is 245 g/mol. The molecule has 0 unspecified atom stereocenters. The summed E-state index contributed by atoms with van der Waals surface area (Å²) >= 11 is 1.89. The van der Waals surface area contributed by atoms with Crippen molar-refractivity contribution in [3.8, 4) is 0 Å². The number of aryl methyl sites for hydroxylation is 1. The molecule has 2 rings (SSSR count). The second-order valence-corrected chi connectivity index (χ2v) is 5.30. The molecule has 90 valence electrons. The maximum atomic E-state index is 3.50. The van der Waals surface area contributed by atoms with Crippen molar-refractivity contribution in [2.75, 3.05) is 0 Å². The number of rotatable bonds is 4. The fourth-order valence-electron chi connectivity index (χ4n) is 2.16. The van der Waals surface area contributed by atoms with Crippen molar-refractivity contribution in [1.29, 1.82) is 0 Å². The summed E-state index contributed by atoms with van der Waals surface area (Å²) in [5.74, 6) is 1.03. The summed E-state index contributed by atoms with van der Waals surface area (Å²) in [5, 5.41) is 1.32. The molecule has 0 saturated heterocycles. The Morgan fingerprint density at radius 1 is 1.12 bits per heavy atom. The van der Waals surface area contributed by atoms with E-state index in [1.165, 1.54) is 27.4 Å². The van der Waals surface area contributed by atoms with Crippen LogP contribution in [-0.2, 0) is 12.2 Å². The van der Waals surface area contributed by atoms with Crippen LogP contribution in [0, 0.1) is 13.8 Å². The van der Waals surface area contributed by atoms with Gasteiger partial charge in [-0.25, -0.2) is 0 Å². The van der Waals surface area contributed by atoms with Crippen molar-refractivity contribution in [3.05, 3.63) is 52.7 Å². The number of hydrogen-bond donors (Lipinski definition) is 1. The van der Waals surface area contributed by atoms with Crippen LogP contribution in [0.25, 0.3) is 0 Å². The van der Waals surface area contributed by atoms with Crippen LogP contribution in [0.2, 0.25) is 0 Å². The van der Waals surface area contributed by atoms with Crippen molar-refractivity contribution < 1.29 is 0 Å². The van der Waals surface area contributed by atoms with Gasteiger partial charge in [-0.05, 0) is 37.0 Å². The molecule has 0 spiro atoms. The Morgan fingerprint density at radius 2 is 1.82 bits per heavy atom. The molecule has 1 aromatic heterocycles. The van der Waals surface area contributed by atoms with Crippen molar-refractivity contribution in [2.45, 2.75) is 38.0 Å². The van der Waals surface area contributed by atoms with Crippen LogP contribution in [0.1, 0.15) is 29.3 Å². The normalized spacial score (nSPS) is 10.8. The summed E-state index contributed by atoms with van der Waals surface area (Å²) in [5.41, 5.74) is 5.59. The van der Waals surface area contributed by atoms with Crippen molar-refractivity contribution >= 4 is 11.8 Å². The van der Waals surface area contributed by atoms with Gasteiger partial charge in [0.2, 0.25) is 0 Å². The molecule has 1 heterocycles. The number of thioether (sulfide) groups is 1. The van der Waals surface area contributed by atoms with Gasteiger partial charge in [-0.15, -0.1) is 11.8 Å². The molecule has 0 fully saturated rings. The summed E-state index contributed by atoms with van der Waals surface area (Å²) in [7, 11) is 0. The Bertz CT molecular complexity index is 485. The van der Waals surface area contributed by atoms with Crippen molar-refractivity contribution in [3.63, 3.8) is 0 Å². The van der Waals surface area contributed by atoms with E-state index in [9.17, 15) is 0 Å². The summed E-state index contributed by atoms with van der Waals surface area (Å²) < 4.78 is 0. The largest absolute Gasteiger partial charge is 0.353 e. The Morgan fingerprint density at radius 3 is 2.41 bits per heavy atom. The highest BCUT2D eigenvalue weighted by atomic mass is 32.2. The van der Waals surface area contributed by atoms with E-state index in [4.69, 9.17) is 0 Å². The molecular weight excluding hydrogens is 226 g/mol. The fourth-order valence-corrected chi connectivity index (χ4v) is 3.23. The van der Waals surface area contributed by atoms with Crippen LogP contribution >= 0.6 is 11.8 Å². The number of aromatic amines is 1. The minimum absolute atomic E-state index is 1.03. The van der Waals surface area contributed by atoms with Gasteiger partial charge in [0.25, 0.3) is 0 Å². The maximum Gasteiger partial charge on any atom is 0.0759 e. The predicted molar refractivity (Wildman–Crippen MR) is 75.6 cm³/mol. The quantitative estimate of drug-likeness (QED) is 0.785. The second-order valence-electron chi connectivity index (χ2n) is 4.31. The highest BCUT2D eigenvalue weighted by Crippen LogP contribution is 2.29. The molecule has 2 heteroatoms. The molecule has 1 aromatic carbocycles. The molecule has 0 saturated carbocycles. The van der Waals surface area contributed by atoms with Crippen LogP contribution < -0.4 is 0 Å².